The molecule has 0 aliphatic heterocycles. The molecule has 0 atom stereocenters. The first kappa shape index (κ1) is 13.9. The zero-order valence-corrected chi connectivity index (χ0v) is 11.2. The van der Waals surface area contributed by atoms with Gasteiger partial charge in [0.15, 0.2) is 0 Å². The summed E-state index contributed by atoms with van der Waals surface area (Å²) in [5.74, 6) is -0.123. The van der Waals surface area contributed by atoms with Crippen molar-refractivity contribution in [2.45, 2.75) is 13.3 Å². The van der Waals surface area contributed by atoms with Crippen LogP contribution in [0.3, 0.4) is 0 Å². The van der Waals surface area contributed by atoms with Crippen molar-refractivity contribution in [3.8, 4) is 11.8 Å². The van der Waals surface area contributed by atoms with Crippen LogP contribution in [0, 0.1) is 10.1 Å². The number of nitro groups is 1. The van der Waals surface area contributed by atoms with E-state index in [4.69, 9.17) is 22.1 Å². The van der Waals surface area contributed by atoms with Gasteiger partial charge in [0.1, 0.15) is 0 Å². The van der Waals surface area contributed by atoms with Gasteiger partial charge in [-0.15, -0.1) is 0 Å². The van der Waals surface area contributed by atoms with Gasteiger partial charge in [-0.05, 0) is 29.7 Å². The highest BCUT2D eigenvalue weighted by molar-refractivity contribution is 6.28. The molecule has 2 aromatic rings. The number of aryl methyl sites for hydroxylation is 1. The van der Waals surface area contributed by atoms with Crippen LogP contribution in [-0.4, -0.2) is 19.9 Å². The molecule has 0 saturated heterocycles. The molecule has 1 aromatic heterocycles. The maximum Gasteiger partial charge on any atom is 0.328 e. The second-order valence-corrected chi connectivity index (χ2v) is 4.10. The Morgan fingerprint density at radius 1 is 1.40 bits per heavy atom. The molecule has 0 spiro atoms. The third-order valence-electron chi connectivity index (χ3n) is 2.43. The van der Waals surface area contributed by atoms with Gasteiger partial charge in [0.05, 0.1) is 4.92 Å². The summed E-state index contributed by atoms with van der Waals surface area (Å²) in [6.07, 6.45) is 0.672. The molecule has 0 aliphatic rings. The van der Waals surface area contributed by atoms with Crippen LogP contribution in [0.2, 0.25) is 5.28 Å². The van der Waals surface area contributed by atoms with Gasteiger partial charge in [-0.25, -0.2) is 0 Å². The van der Waals surface area contributed by atoms with Crippen LogP contribution in [0.25, 0.3) is 0 Å². The summed E-state index contributed by atoms with van der Waals surface area (Å²) < 4.78 is 5.26. The maximum absolute atomic E-state index is 11.0. The molecule has 104 valence electrons. The number of halogens is 1. The number of aromatic nitrogens is 3. The Hall–Kier alpha value is -2.48. The highest BCUT2D eigenvalue weighted by Crippen LogP contribution is 2.31. The van der Waals surface area contributed by atoms with E-state index < -0.39 is 4.92 Å². The van der Waals surface area contributed by atoms with Crippen molar-refractivity contribution in [3.63, 3.8) is 0 Å². The second kappa shape index (κ2) is 5.66. The predicted octanol–water partition coefficient (Wildman–Crippen LogP) is 2.37. The van der Waals surface area contributed by atoms with Crippen molar-refractivity contribution < 1.29 is 9.66 Å². The van der Waals surface area contributed by atoms with E-state index >= 15 is 0 Å². The summed E-state index contributed by atoms with van der Waals surface area (Å²) in [5, 5.41) is 10.9. The molecule has 2 N–H and O–H groups in total. The molecule has 1 heterocycles. The average molecular weight is 296 g/mol. The van der Waals surface area contributed by atoms with E-state index in [1.54, 1.807) is 6.07 Å². The zero-order chi connectivity index (χ0) is 14.7. The monoisotopic (exact) mass is 295 g/mol. The van der Waals surface area contributed by atoms with Crippen molar-refractivity contribution in [1.82, 2.24) is 15.0 Å². The van der Waals surface area contributed by atoms with Gasteiger partial charge in [-0.3, -0.25) is 10.1 Å². The van der Waals surface area contributed by atoms with Crippen LogP contribution in [0.5, 0.6) is 11.8 Å². The number of ether oxygens (including phenoxy) is 1. The average Bonchev–Trinajstić information content (AvgIpc) is 2.37. The second-order valence-electron chi connectivity index (χ2n) is 3.76. The fourth-order valence-electron chi connectivity index (χ4n) is 1.50. The lowest BCUT2D eigenvalue weighted by molar-refractivity contribution is -0.385. The standard InChI is InChI=1S/C11H10ClN5O3/c1-2-6-3-4-8(7(5-6)17(18)19)20-11-15-9(12)14-10(13)16-11/h3-5H,2H2,1H3,(H2,13,14,15,16). The number of anilines is 1. The molecular weight excluding hydrogens is 286 g/mol. The Morgan fingerprint density at radius 3 is 2.75 bits per heavy atom. The quantitative estimate of drug-likeness (QED) is 0.679. The molecular formula is C11H10ClN5O3. The number of nitrogen functional groups attached to an aromatic ring is 1. The van der Waals surface area contributed by atoms with Gasteiger partial charge in [0.2, 0.25) is 17.0 Å². The first-order chi connectivity index (χ1) is 9.49. The van der Waals surface area contributed by atoms with Crippen LogP contribution in [0.15, 0.2) is 18.2 Å². The first-order valence-electron chi connectivity index (χ1n) is 5.61. The van der Waals surface area contributed by atoms with Crippen LogP contribution in [0.4, 0.5) is 11.6 Å². The van der Waals surface area contributed by atoms with E-state index in [9.17, 15) is 10.1 Å². The van der Waals surface area contributed by atoms with Gasteiger partial charge in [-0.2, -0.15) is 15.0 Å². The van der Waals surface area contributed by atoms with Crippen molar-refractivity contribution in [1.29, 1.82) is 0 Å². The number of nitrogens with zero attached hydrogens (tertiary/aromatic N) is 4. The minimum Gasteiger partial charge on any atom is -0.417 e. The van der Waals surface area contributed by atoms with Gasteiger partial charge in [0.25, 0.3) is 0 Å². The van der Waals surface area contributed by atoms with Gasteiger partial charge < -0.3 is 10.5 Å². The fraction of sp³-hybridized carbons (Fsp3) is 0.182. The third-order valence-corrected chi connectivity index (χ3v) is 2.60. The minimum atomic E-state index is -0.541. The molecule has 2 rings (SSSR count). The maximum atomic E-state index is 11.0. The van der Waals surface area contributed by atoms with E-state index in [-0.39, 0.29) is 28.7 Å². The van der Waals surface area contributed by atoms with E-state index in [0.717, 1.165) is 5.56 Å². The molecule has 0 bridgehead atoms. The number of hydrogen-bond acceptors (Lipinski definition) is 7. The summed E-state index contributed by atoms with van der Waals surface area (Å²) in [7, 11) is 0. The van der Waals surface area contributed by atoms with Gasteiger partial charge >= 0.3 is 11.7 Å². The molecule has 0 amide bonds. The SMILES string of the molecule is CCc1ccc(Oc2nc(N)nc(Cl)n2)c([N+](=O)[O-])c1. The highest BCUT2D eigenvalue weighted by Gasteiger charge is 2.18. The Kier molecular flexibility index (Phi) is 3.94. The zero-order valence-electron chi connectivity index (χ0n) is 10.4. The molecule has 0 saturated carbocycles. The Labute approximate surface area is 118 Å². The largest absolute Gasteiger partial charge is 0.417 e. The lowest BCUT2D eigenvalue weighted by atomic mass is 10.1. The molecule has 8 nitrogen and oxygen atoms in total. The van der Waals surface area contributed by atoms with Gasteiger partial charge in [-0.1, -0.05) is 13.0 Å². The normalized spacial score (nSPS) is 10.3. The van der Waals surface area contributed by atoms with Crippen LogP contribution in [-0.2, 0) is 6.42 Å². The number of hydrogen-bond donors (Lipinski definition) is 1. The van der Waals surface area contributed by atoms with E-state index in [0.29, 0.717) is 6.42 Å². The molecule has 20 heavy (non-hydrogen) atoms. The smallest absolute Gasteiger partial charge is 0.328 e. The van der Waals surface area contributed by atoms with Crippen LogP contribution >= 0.6 is 11.6 Å². The molecule has 0 unspecified atom stereocenters. The Bertz CT molecular complexity index is 644. The molecule has 0 fully saturated rings. The van der Waals surface area contributed by atoms with Crippen LogP contribution in [0.1, 0.15) is 12.5 Å². The number of nitrogens with two attached hydrogens (primary N) is 1. The van der Waals surface area contributed by atoms with Crippen molar-refractivity contribution in [3.05, 3.63) is 39.2 Å². The Balaban J connectivity index is 2.39. The summed E-state index contributed by atoms with van der Waals surface area (Å²) in [5.41, 5.74) is 6.03. The van der Waals surface area contributed by atoms with Crippen molar-refractivity contribution in [2.75, 3.05) is 5.73 Å². The summed E-state index contributed by atoms with van der Waals surface area (Å²) >= 11 is 5.61. The van der Waals surface area contributed by atoms with E-state index in [2.05, 4.69) is 15.0 Å². The lowest BCUT2D eigenvalue weighted by Crippen LogP contribution is -2.02. The number of rotatable bonds is 4. The summed E-state index contributed by atoms with van der Waals surface area (Å²) in [6, 6.07) is 4.43. The molecule has 1 aromatic carbocycles. The van der Waals surface area contributed by atoms with E-state index in [1.165, 1.54) is 12.1 Å². The number of benzene rings is 1. The lowest BCUT2D eigenvalue weighted by Gasteiger charge is -2.06. The van der Waals surface area contributed by atoms with E-state index in [1.807, 2.05) is 6.92 Å². The summed E-state index contributed by atoms with van der Waals surface area (Å²) in [6.45, 7) is 1.89. The number of nitro benzene ring substituents is 1. The molecule has 0 radical (unpaired) electrons. The molecule has 9 heteroatoms. The van der Waals surface area contributed by atoms with Crippen molar-refractivity contribution >= 4 is 23.2 Å². The van der Waals surface area contributed by atoms with Crippen molar-refractivity contribution in [2.24, 2.45) is 0 Å². The third kappa shape index (κ3) is 3.09. The predicted molar refractivity (Wildman–Crippen MR) is 71.8 cm³/mol. The topological polar surface area (TPSA) is 117 Å². The fourth-order valence-corrected chi connectivity index (χ4v) is 1.66. The highest BCUT2D eigenvalue weighted by atomic mass is 35.5. The minimum absolute atomic E-state index is 0.00821. The van der Waals surface area contributed by atoms with Gasteiger partial charge in [0, 0.05) is 6.07 Å². The molecule has 0 aliphatic carbocycles. The van der Waals surface area contributed by atoms with Crippen LogP contribution < -0.4 is 10.5 Å². The summed E-state index contributed by atoms with van der Waals surface area (Å²) in [4.78, 5) is 21.5. The Morgan fingerprint density at radius 2 is 2.15 bits per heavy atom. The first-order valence-corrected chi connectivity index (χ1v) is 5.99.